The molecule has 0 radical (unpaired) electrons. The van der Waals surface area contributed by atoms with E-state index in [2.05, 4.69) is 34.9 Å². The Morgan fingerprint density at radius 1 is 1.19 bits per heavy atom. The zero-order valence-electron chi connectivity index (χ0n) is 20.7. The average Bonchev–Trinajstić information content (AvgIpc) is 3.54. The number of thiophene rings is 1. The first-order valence-corrected chi connectivity index (χ1v) is 13.8. The molecule has 1 aliphatic heterocycles. The lowest BCUT2D eigenvalue weighted by atomic mass is 10.0. The Hall–Kier alpha value is -2.87. The minimum Gasteiger partial charge on any atom is -0.496 e. The van der Waals surface area contributed by atoms with Crippen molar-refractivity contribution in [3.05, 3.63) is 53.6 Å². The van der Waals surface area contributed by atoms with Crippen LogP contribution in [0.2, 0.25) is 0 Å². The van der Waals surface area contributed by atoms with Gasteiger partial charge in [0.25, 0.3) is 5.91 Å². The molecule has 2 aliphatic rings. The van der Waals surface area contributed by atoms with Crippen molar-refractivity contribution in [2.75, 3.05) is 26.8 Å². The van der Waals surface area contributed by atoms with E-state index in [1.165, 1.54) is 29.4 Å². The van der Waals surface area contributed by atoms with E-state index in [1.54, 1.807) is 18.4 Å². The zero-order chi connectivity index (χ0) is 24.8. The number of methoxy groups -OCH3 is 1. The second kappa shape index (κ2) is 9.54. The maximum absolute atomic E-state index is 13.4. The van der Waals surface area contributed by atoms with Crippen LogP contribution >= 0.6 is 11.3 Å². The molecule has 36 heavy (non-hydrogen) atoms. The molecule has 2 aromatic heterocycles. The SMILES string of the molecule is COc1cc(C(=O)N2CCC[C@@H](N)C2)cc2sc(-c3cc4ccccc4n3CC3CC3)c(CCO)c12. The summed E-state index contributed by atoms with van der Waals surface area (Å²) in [6.45, 7) is 2.38. The Labute approximate surface area is 215 Å². The Bertz CT molecular complexity index is 1430. The van der Waals surface area contributed by atoms with Gasteiger partial charge in [0, 0.05) is 58.8 Å². The number of hydrogen-bond donors (Lipinski definition) is 2. The number of fused-ring (bicyclic) bond motifs is 2. The predicted octanol–water partition coefficient (Wildman–Crippen LogP) is 5.04. The van der Waals surface area contributed by atoms with Crippen LogP contribution in [0.25, 0.3) is 31.6 Å². The number of nitrogens with two attached hydrogens (primary N) is 1. The number of aromatic nitrogens is 1. The van der Waals surface area contributed by atoms with E-state index < -0.39 is 0 Å². The number of aliphatic hydroxyl groups excluding tert-OH is 1. The zero-order valence-corrected chi connectivity index (χ0v) is 21.5. The number of rotatable bonds is 7. The summed E-state index contributed by atoms with van der Waals surface area (Å²) in [6, 6.07) is 14.7. The van der Waals surface area contributed by atoms with Crippen LogP contribution in [0.3, 0.4) is 0 Å². The van der Waals surface area contributed by atoms with E-state index in [1.807, 2.05) is 17.0 Å². The minimum absolute atomic E-state index is 0.00635. The number of carbonyl (C=O) groups excluding carboxylic acids is 1. The highest BCUT2D eigenvalue weighted by molar-refractivity contribution is 7.22. The van der Waals surface area contributed by atoms with Crippen LogP contribution < -0.4 is 10.5 Å². The van der Waals surface area contributed by atoms with E-state index in [0.717, 1.165) is 52.4 Å². The molecule has 0 spiro atoms. The molecule has 1 amide bonds. The molecule has 7 heteroatoms. The van der Waals surface area contributed by atoms with Crippen LogP contribution in [-0.4, -0.2) is 53.3 Å². The third-order valence-corrected chi connectivity index (χ3v) is 8.81. The fraction of sp³-hybridized carbons (Fsp3) is 0.414. The van der Waals surface area contributed by atoms with Crippen LogP contribution in [0.5, 0.6) is 5.75 Å². The lowest BCUT2D eigenvalue weighted by molar-refractivity contribution is 0.0708. The summed E-state index contributed by atoms with van der Waals surface area (Å²) >= 11 is 1.69. The molecule has 3 N–H and O–H groups in total. The first kappa shape index (κ1) is 23.5. The highest BCUT2D eigenvalue weighted by atomic mass is 32.1. The molecule has 0 bridgehead atoms. The van der Waals surface area contributed by atoms with Crippen LogP contribution in [-0.2, 0) is 13.0 Å². The van der Waals surface area contributed by atoms with E-state index in [4.69, 9.17) is 10.5 Å². The molecular formula is C29H33N3O3S. The maximum atomic E-state index is 13.4. The van der Waals surface area contributed by atoms with Crippen LogP contribution in [0, 0.1) is 5.92 Å². The molecule has 6 rings (SSSR count). The Balaban J connectivity index is 1.51. The van der Waals surface area contributed by atoms with Gasteiger partial charge >= 0.3 is 0 Å². The van der Waals surface area contributed by atoms with Crippen LogP contribution in [0.1, 0.15) is 41.6 Å². The molecule has 2 aromatic carbocycles. The third-order valence-electron chi connectivity index (χ3n) is 7.61. The van der Waals surface area contributed by atoms with E-state index in [0.29, 0.717) is 24.3 Å². The molecular weight excluding hydrogens is 470 g/mol. The summed E-state index contributed by atoms with van der Waals surface area (Å²) in [5.41, 5.74) is 10.3. The number of hydrogen-bond acceptors (Lipinski definition) is 5. The number of amides is 1. The number of piperidine rings is 1. The Kier molecular flexibility index (Phi) is 6.23. The normalized spacial score (nSPS) is 18.3. The lowest BCUT2D eigenvalue weighted by Crippen LogP contribution is -2.45. The van der Waals surface area contributed by atoms with Crippen molar-refractivity contribution >= 4 is 38.2 Å². The fourth-order valence-electron chi connectivity index (χ4n) is 5.63. The van der Waals surface area contributed by atoms with Gasteiger partial charge in [-0.25, -0.2) is 0 Å². The van der Waals surface area contributed by atoms with Gasteiger partial charge in [0.2, 0.25) is 0 Å². The highest BCUT2D eigenvalue weighted by Gasteiger charge is 2.28. The van der Waals surface area contributed by atoms with Gasteiger partial charge in [-0.15, -0.1) is 11.3 Å². The number of likely N-dealkylation sites (tertiary alicyclic amines) is 1. The largest absolute Gasteiger partial charge is 0.496 e. The molecule has 6 nitrogen and oxygen atoms in total. The molecule has 3 heterocycles. The molecule has 4 aromatic rings. The fourth-order valence-corrected chi connectivity index (χ4v) is 6.96. The molecule has 1 saturated heterocycles. The molecule has 1 aliphatic carbocycles. The van der Waals surface area contributed by atoms with Gasteiger partial charge in [0.1, 0.15) is 5.75 Å². The number of carbonyl (C=O) groups is 1. The smallest absolute Gasteiger partial charge is 0.254 e. The number of aliphatic hydroxyl groups is 1. The summed E-state index contributed by atoms with van der Waals surface area (Å²) in [7, 11) is 1.66. The van der Waals surface area contributed by atoms with Gasteiger partial charge in [-0.2, -0.15) is 0 Å². The number of nitrogens with zero attached hydrogens (tertiary/aromatic N) is 2. The summed E-state index contributed by atoms with van der Waals surface area (Å²) in [4.78, 5) is 16.4. The first-order chi connectivity index (χ1) is 17.6. The van der Waals surface area contributed by atoms with Crippen molar-refractivity contribution in [2.45, 2.75) is 44.7 Å². The quantitative estimate of drug-likeness (QED) is 0.370. The van der Waals surface area contributed by atoms with Gasteiger partial charge in [0.15, 0.2) is 0 Å². The van der Waals surface area contributed by atoms with Crippen molar-refractivity contribution in [1.29, 1.82) is 0 Å². The number of para-hydroxylation sites is 1. The summed E-state index contributed by atoms with van der Waals surface area (Å²) in [5, 5.41) is 12.2. The third kappa shape index (κ3) is 4.19. The number of ether oxygens (including phenoxy) is 1. The van der Waals surface area contributed by atoms with E-state index in [-0.39, 0.29) is 18.6 Å². The van der Waals surface area contributed by atoms with Gasteiger partial charge in [-0.1, -0.05) is 18.2 Å². The van der Waals surface area contributed by atoms with Gasteiger partial charge in [-0.3, -0.25) is 4.79 Å². The minimum atomic E-state index is 0.00635. The van der Waals surface area contributed by atoms with Crippen molar-refractivity contribution in [1.82, 2.24) is 9.47 Å². The monoisotopic (exact) mass is 503 g/mol. The second-order valence-corrected chi connectivity index (χ2v) is 11.3. The molecule has 1 saturated carbocycles. The van der Waals surface area contributed by atoms with Crippen molar-refractivity contribution in [3.8, 4) is 16.3 Å². The lowest BCUT2D eigenvalue weighted by Gasteiger charge is -2.31. The Morgan fingerprint density at radius 3 is 2.78 bits per heavy atom. The summed E-state index contributed by atoms with van der Waals surface area (Å²) < 4.78 is 9.31. The van der Waals surface area contributed by atoms with Crippen LogP contribution in [0.15, 0.2) is 42.5 Å². The number of benzene rings is 2. The van der Waals surface area contributed by atoms with Gasteiger partial charge in [0.05, 0.1) is 17.7 Å². The highest BCUT2D eigenvalue weighted by Crippen LogP contribution is 2.46. The Morgan fingerprint density at radius 2 is 2.03 bits per heavy atom. The standard InChI is InChI=1S/C29H33N3O3S/c1-35-25-14-20(29(34)31-11-4-6-21(30)17-31)15-26-27(25)22(10-12-33)28(36-26)24-13-19-5-2-3-7-23(19)32(24)16-18-8-9-18/h2-3,5,7,13-15,18,21,33H,4,6,8-12,16-17,30H2,1H3/t21-/m1/s1. The van der Waals surface area contributed by atoms with Gasteiger partial charge < -0.3 is 25.0 Å². The van der Waals surface area contributed by atoms with Gasteiger partial charge in [-0.05, 0) is 67.9 Å². The molecule has 2 fully saturated rings. The summed E-state index contributed by atoms with van der Waals surface area (Å²) in [5.74, 6) is 1.42. The van der Waals surface area contributed by atoms with Crippen molar-refractivity contribution < 1.29 is 14.6 Å². The van der Waals surface area contributed by atoms with Crippen LogP contribution in [0.4, 0.5) is 0 Å². The predicted molar refractivity (Wildman–Crippen MR) is 146 cm³/mol. The van der Waals surface area contributed by atoms with E-state index >= 15 is 0 Å². The molecule has 1 atom stereocenters. The summed E-state index contributed by atoms with van der Waals surface area (Å²) in [6.07, 6.45) is 4.98. The van der Waals surface area contributed by atoms with Crippen molar-refractivity contribution in [2.24, 2.45) is 11.7 Å². The molecule has 188 valence electrons. The topological polar surface area (TPSA) is 80.7 Å². The van der Waals surface area contributed by atoms with E-state index in [9.17, 15) is 9.90 Å². The second-order valence-electron chi connectivity index (χ2n) is 10.2. The van der Waals surface area contributed by atoms with Crippen molar-refractivity contribution in [3.63, 3.8) is 0 Å². The molecule has 0 unspecified atom stereocenters. The maximum Gasteiger partial charge on any atom is 0.254 e. The average molecular weight is 504 g/mol. The first-order valence-electron chi connectivity index (χ1n) is 12.9.